The molecule has 0 bridgehead atoms. The van der Waals surface area contributed by atoms with E-state index in [1.807, 2.05) is 6.92 Å². The van der Waals surface area contributed by atoms with Gasteiger partial charge in [0.2, 0.25) is 10.0 Å². The zero-order chi connectivity index (χ0) is 15.8. The first kappa shape index (κ1) is 16.6. The van der Waals surface area contributed by atoms with Gasteiger partial charge in [0.15, 0.2) is 0 Å². The van der Waals surface area contributed by atoms with Crippen LogP contribution < -0.4 is 5.73 Å². The van der Waals surface area contributed by atoms with Crippen molar-refractivity contribution >= 4 is 27.3 Å². The van der Waals surface area contributed by atoms with E-state index in [4.69, 9.17) is 17.3 Å². The minimum absolute atomic E-state index is 0.0392. The SMILES string of the molecule is Cc1cc(Cl)c(S(=O)(=O)N(C)C2CCCC(C)C2)cc1N. The largest absolute Gasteiger partial charge is 0.398 e. The Morgan fingerprint density at radius 1 is 1.33 bits per heavy atom. The zero-order valence-electron chi connectivity index (χ0n) is 12.8. The summed E-state index contributed by atoms with van der Waals surface area (Å²) in [6.07, 6.45) is 4.03. The lowest BCUT2D eigenvalue weighted by molar-refractivity contribution is 0.239. The van der Waals surface area contributed by atoms with E-state index in [9.17, 15) is 8.42 Å². The number of hydrogen-bond donors (Lipinski definition) is 1. The van der Waals surface area contributed by atoms with Crippen LogP contribution in [0.4, 0.5) is 5.69 Å². The standard InChI is InChI=1S/C15H23ClN2O2S/c1-10-5-4-6-12(7-10)18(3)21(19,20)15-9-14(17)11(2)8-13(15)16/h8-10,12H,4-7,17H2,1-3H3. The lowest BCUT2D eigenvalue weighted by Gasteiger charge is -2.33. The fraction of sp³-hybridized carbons (Fsp3) is 0.600. The van der Waals surface area contributed by atoms with E-state index in [2.05, 4.69) is 6.92 Å². The summed E-state index contributed by atoms with van der Waals surface area (Å²) >= 11 is 6.14. The molecule has 0 saturated heterocycles. The van der Waals surface area contributed by atoms with Crippen LogP contribution in [-0.4, -0.2) is 25.8 Å². The summed E-state index contributed by atoms with van der Waals surface area (Å²) in [7, 11) is -1.97. The second-order valence-corrected chi connectivity index (χ2v) is 8.46. The minimum Gasteiger partial charge on any atom is -0.398 e. The van der Waals surface area contributed by atoms with E-state index < -0.39 is 10.0 Å². The van der Waals surface area contributed by atoms with Gasteiger partial charge in [-0.25, -0.2) is 8.42 Å². The monoisotopic (exact) mass is 330 g/mol. The number of nitrogens with zero attached hydrogens (tertiary/aromatic N) is 1. The van der Waals surface area contributed by atoms with Crippen LogP contribution in [0.3, 0.4) is 0 Å². The number of nitrogens with two attached hydrogens (primary N) is 1. The Bertz CT molecular complexity index is 631. The number of nitrogen functional groups attached to an aromatic ring is 1. The Morgan fingerprint density at radius 3 is 2.62 bits per heavy atom. The summed E-state index contributed by atoms with van der Waals surface area (Å²) in [6.45, 7) is 3.98. The van der Waals surface area contributed by atoms with E-state index in [1.165, 1.54) is 16.8 Å². The van der Waals surface area contributed by atoms with Gasteiger partial charge in [-0.15, -0.1) is 0 Å². The van der Waals surface area contributed by atoms with Crippen molar-refractivity contribution in [3.8, 4) is 0 Å². The van der Waals surface area contributed by atoms with E-state index in [0.29, 0.717) is 11.6 Å². The van der Waals surface area contributed by atoms with Crippen molar-refractivity contribution in [2.75, 3.05) is 12.8 Å². The highest BCUT2D eigenvalue weighted by atomic mass is 35.5. The second kappa shape index (κ2) is 6.15. The minimum atomic E-state index is -3.61. The molecule has 2 rings (SSSR count). The molecule has 0 aromatic heterocycles. The molecule has 2 unspecified atom stereocenters. The number of anilines is 1. The van der Waals surface area contributed by atoms with Crippen molar-refractivity contribution in [3.63, 3.8) is 0 Å². The second-order valence-electron chi connectivity index (χ2n) is 6.09. The predicted molar refractivity (Wildman–Crippen MR) is 87.0 cm³/mol. The van der Waals surface area contributed by atoms with Gasteiger partial charge in [0, 0.05) is 18.8 Å². The summed E-state index contributed by atoms with van der Waals surface area (Å²) < 4.78 is 27.1. The smallest absolute Gasteiger partial charge is 0.244 e. The van der Waals surface area contributed by atoms with Crippen LogP contribution in [0.15, 0.2) is 17.0 Å². The Kier molecular flexibility index (Phi) is 4.85. The molecule has 0 amide bonds. The van der Waals surface area contributed by atoms with E-state index in [1.54, 1.807) is 13.1 Å². The Labute approximate surface area is 132 Å². The molecule has 6 heteroatoms. The summed E-state index contributed by atoms with van der Waals surface area (Å²) in [6, 6.07) is 3.12. The van der Waals surface area contributed by atoms with Crippen LogP contribution in [0.2, 0.25) is 5.02 Å². The third kappa shape index (κ3) is 3.35. The molecule has 2 N–H and O–H groups in total. The van der Waals surface area contributed by atoms with Crippen molar-refractivity contribution in [3.05, 3.63) is 22.7 Å². The van der Waals surface area contributed by atoms with Crippen LogP contribution in [0.25, 0.3) is 0 Å². The first-order valence-electron chi connectivity index (χ1n) is 7.27. The average Bonchev–Trinajstić information content (AvgIpc) is 2.41. The number of benzene rings is 1. The fourth-order valence-corrected chi connectivity index (χ4v) is 4.94. The zero-order valence-corrected chi connectivity index (χ0v) is 14.3. The van der Waals surface area contributed by atoms with Crippen molar-refractivity contribution < 1.29 is 8.42 Å². The van der Waals surface area contributed by atoms with Crippen LogP contribution in [0.5, 0.6) is 0 Å². The molecule has 4 nitrogen and oxygen atoms in total. The lowest BCUT2D eigenvalue weighted by atomic mass is 9.87. The highest BCUT2D eigenvalue weighted by Gasteiger charge is 2.32. The molecule has 21 heavy (non-hydrogen) atoms. The Balaban J connectivity index is 2.35. The van der Waals surface area contributed by atoms with Crippen molar-refractivity contribution in [1.29, 1.82) is 0 Å². The molecule has 0 heterocycles. The summed E-state index contributed by atoms with van der Waals surface area (Å²) in [5.41, 5.74) is 7.08. The van der Waals surface area contributed by atoms with Gasteiger partial charge in [-0.2, -0.15) is 4.31 Å². The van der Waals surface area contributed by atoms with Crippen LogP contribution in [0.1, 0.15) is 38.2 Å². The molecule has 1 aromatic carbocycles. The molecular weight excluding hydrogens is 308 g/mol. The highest BCUT2D eigenvalue weighted by molar-refractivity contribution is 7.89. The molecular formula is C15H23ClN2O2S. The first-order valence-corrected chi connectivity index (χ1v) is 9.09. The maximum absolute atomic E-state index is 12.8. The number of hydrogen-bond acceptors (Lipinski definition) is 3. The Morgan fingerprint density at radius 2 is 2.00 bits per heavy atom. The van der Waals surface area contributed by atoms with Gasteiger partial charge in [0.05, 0.1) is 5.02 Å². The van der Waals surface area contributed by atoms with Gasteiger partial charge in [-0.3, -0.25) is 0 Å². The third-order valence-corrected chi connectivity index (χ3v) is 6.78. The van der Waals surface area contributed by atoms with Gasteiger partial charge in [-0.1, -0.05) is 31.4 Å². The maximum atomic E-state index is 12.8. The van der Waals surface area contributed by atoms with E-state index >= 15 is 0 Å². The molecule has 1 fully saturated rings. The maximum Gasteiger partial charge on any atom is 0.244 e. The Hall–Kier alpha value is -0.780. The predicted octanol–water partition coefficient (Wildman–Crippen LogP) is 3.43. The van der Waals surface area contributed by atoms with Gasteiger partial charge >= 0.3 is 0 Å². The van der Waals surface area contributed by atoms with Crippen molar-refractivity contribution in [2.24, 2.45) is 5.92 Å². The van der Waals surface area contributed by atoms with Gasteiger partial charge in [-0.05, 0) is 43.4 Å². The molecule has 2 atom stereocenters. The summed E-state index contributed by atoms with van der Waals surface area (Å²) in [5.74, 6) is 0.556. The molecule has 0 aliphatic heterocycles. The summed E-state index contributed by atoms with van der Waals surface area (Å²) in [5, 5.41) is 0.234. The number of sulfonamides is 1. The molecule has 1 saturated carbocycles. The van der Waals surface area contributed by atoms with Crippen LogP contribution in [0, 0.1) is 12.8 Å². The van der Waals surface area contributed by atoms with Crippen molar-refractivity contribution in [1.82, 2.24) is 4.31 Å². The molecule has 1 aliphatic carbocycles. The van der Waals surface area contributed by atoms with Crippen molar-refractivity contribution in [2.45, 2.75) is 50.5 Å². The van der Waals surface area contributed by atoms with Crippen LogP contribution in [-0.2, 0) is 10.0 Å². The normalized spacial score (nSPS) is 23.5. The number of aryl methyl sites for hydroxylation is 1. The molecule has 0 radical (unpaired) electrons. The molecule has 1 aromatic rings. The molecule has 0 spiro atoms. The van der Waals surface area contributed by atoms with E-state index in [-0.39, 0.29) is 16.0 Å². The van der Waals surface area contributed by atoms with Gasteiger partial charge in [0.25, 0.3) is 0 Å². The van der Waals surface area contributed by atoms with Gasteiger partial charge in [0.1, 0.15) is 4.90 Å². The summed E-state index contributed by atoms with van der Waals surface area (Å²) in [4.78, 5) is 0.105. The fourth-order valence-electron chi connectivity index (χ4n) is 2.95. The quantitative estimate of drug-likeness (QED) is 0.863. The topological polar surface area (TPSA) is 63.4 Å². The molecule has 118 valence electrons. The average molecular weight is 331 g/mol. The van der Waals surface area contributed by atoms with Crippen LogP contribution >= 0.6 is 11.6 Å². The highest BCUT2D eigenvalue weighted by Crippen LogP contribution is 2.33. The van der Waals surface area contributed by atoms with Gasteiger partial charge < -0.3 is 5.73 Å². The number of rotatable bonds is 3. The van der Waals surface area contributed by atoms with E-state index in [0.717, 1.165) is 24.8 Å². The third-order valence-electron chi connectivity index (χ3n) is 4.40. The molecule has 1 aliphatic rings. The lowest BCUT2D eigenvalue weighted by Crippen LogP contribution is -2.39. The number of halogens is 1. The first-order chi connectivity index (χ1) is 9.73.